The maximum Gasteiger partial charge on any atom is 0.166 e. The fourth-order valence-corrected chi connectivity index (χ4v) is 2.38. The number of carbonyl (C=O) groups excluding carboxylic acids is 1. The highest BCUT2D eigenvalue weighted by Crippen LogP contribution is 2.23. The molecule has 0 aliphatic rings. The Morgan fingerprint density at radius 3 is 2.47 bits per heavy atom. The molecule has 1 unspecified atom stereocenters. The third-order valence-corrected chi connectivity index (χ3v) is 3.51. The van der Waals surface area contributed by atoms with E-state index in [4.69, 9.17) is 4.74 Å². The lowest BCUT2D eigenvalue weighted by atomic mass is 10.0. The normalized spacial score (nSPS) is 12.7. The molecule has 1 rings (SSSR count). The fraction of sp³-hybridized carbons (Fsp3) is 0.733. The van der Waals surface area contributed by atoms with Gasteiger partial charge in [-0.05, 0) is 26.2 Å². The number of ether oxygens (including phenoxy) is 1. The zero-order chi connectivity index (χ0) is 14.4. The first kappa shape index (κ1) is 15.9. The molecule has 1 aromatic rings. The zero-order valence-electron chi connectivity index (χ0n) is 12.8. The minimum Gasteiger partial charge on any atom is -0.385 e. The van der Waals surface area contributed by atoms with Gasteiger partial charge < -0.3 is 4.74 Å². The Labute approximate surface area is 116 Å². The maximum absolute atomic E-state index is 12.1. The third-order valence-electron chi connectivity index (χ3n) is 3.51. The summed E-state index contributed by atoms with van der Waals surface area (Å²) in [5.74, 6) is 0.207. The van der Waals surface area contributed by atoms with Crippen LogP contribution in [0.3, 0.4) is 0 Å². The standard InChI is InChI=1S/C15H26N2O2/c1-6-12-15(14(18)8-3)13(7-2)17(16-12)11(4)9-10-19-5/h11H,6-10H2,1-5H3. The molecule has 0 fully saturated rings. The molecule has 0 aliphatic heterocycles. The Bertz CT molecular complexity index is 424. The van der Waals surface area contributed by atoms with Crippen molar-refractivity contribution in [3.8, 4) is 0 Å². The SMILES string of the molecule is CCC(=O)c1c(CC)nn(C(C)CCOC)c1CC. The third kappa shape index (κ3) is 3.44. The van der Waals surface area contributed by atoms with E-state index < -0.39 is 0 Å². The van der Waals surface area contributed by atoms with Crippen LogP contribution in [-0.2, 0) is 17.6 Å². The van der Waals surface area contributed by atoms with Crippen LogP contribution in [0.2, 0.25) is 0 Å². The molecule has 1 atom stereocenters. The van der Waals surface area contributed by atoms with E-state index in [-0.39, 0.29) is 11.8 Å². The summed E-state index contributed by atoms with van der Waals surface area (Å²) in [5.41, 5.74) is 2.87. The van der Waals surface area contributed by atoms with E-state index in [0.717, 1.165) is 36.2 Å². The van der Waals surface area contributed by atoms with E-state index in [1.165, 1.54) is 0 Å². The first-order valence-electron chi connectivity index (χ1n) is 7.22. The highest BCUT2D eigenvalue weighted by atomic mass is 16.5. The monoisotopic (exact) mass is 266 g/mol. The molecule has 4 nitrogen and oxygen atoms in total. The molecule has 0 N–H and O–H groups in total. The number of hydrogen-bond acceptors (Lipinski definition) is 3. The smallest absolute Gasteiger partial charge is 0.166 e. The van der Waals surface area contributed by atoms with Gasteiger partial charge in [0.15, 0.2) is 5.78 Å². The number of carbonyl (C=O) groups is 1. The van der Waals surface area contributed by atoms with Crippen LogP contribution in [0, 0.1) is 0 Å². The van der Waals surface area contributed by atoms with Crippen molar-refractivity contribution >= 4 is 5.78 Å². The molecule has 0 saturated heterocycles. The van der Waals surface area contributed by atoms with Crippen LogP contribution in [-0.4, -0.2) is 29.3 Å². The van der Waals surface area contributed by atoms with Crippen molar-refractivity contribution in [1.82, 2.24) is 9.78 Å². The van der Waals surface area contributed by atoms with Gasteiger partial charge in [0.25, 0.3) is 0 Å². The minimum absolute atomic E-state index is 0.207. The van der Waals surface area contributed by atoms with Crippen molar-refractivity contribution in [3.05, 3.63) is 17.0 Å². The van der Waals surface area contributed by atoms with Gasteiger partial charge in [-0.2, -0.15) is 5.10 Å². The summed E-state index contributed by atoms with van der Waals surface area (Å²) < 4.78 is 7.16. The summed E-state index contributed by atoms with van der Waals surface area (Å²) in [6, 6.07) is 0.263. The molecule has 1 aromatic heterocycles. The number of aromatic nitrogens is 2. The molecule has 0 aromatic carbocycles. The van der Waals surface area contributed by atoms with Crippen LogP contribution >= 0.6 is 0 Å². The highest BCUT2D eigenvalue weighted by molar-refractivity contribution is 5.98. The number of rotatable bonds is 8. The topological polar surface area (TPSA) is 44.1 Å². The van der Waals surface area contributed by atoms with Crippen LogP contribution in [0.1, 0.15) is 68.3 Å². The molecule has 108 valence electrons. The Hall–Kier alpha value is -1.16. The summed E-state index contributed by atoms with van der Waals surface area (Å²) in [4.78, 5) is 12.1. The van der Waals surface area contributed by atoms with Gasteiger partial charge in [0.05, 0.1) is 17.3 Å². The lowest BCUT2D eigenvalue weighted by Crippen LogP contribution is -2.13. The number of ketones is 1. The van der Waals surface area contributed by atoms with Gasteiger partial charge in [-0.1, -0.05) is 20.8 Å². The van der Waals surface area contributed by atoms with Crippen LogP contribution in [0.4, 0.5) is 0 Å². The van der Waals surface area contributed by atoms with Crippen LogP contribution in [0.15, 0.2) is 0 Å². The van der Waals surface area contributed by atoms with E-state index >= 15 is 0 Å². The summed E-state index contributed by atoms with van der Waals surface area (Å²) in [5, 5.41) is 4.66. The van der Waals surface area contributed by atoms with Crippen molar-refractivity contribution in [2.75, 3.05) is 13.7 Å². The molecular weight excluding hydrogens is 240 g/mol. The number of aryl methyl sites for hydroxylation is 1. The molecular formula is C15H26N2O2. The van der Waals surface area contributed by atoms with Crippen molar-refractivity contribution < 1.29 is 9.53 Å². The molecule has 4 heteroatoms. The van der Waals surface area contributed by atoms with Gasteiger partial charge in [0.1, 0.15) is 0 Å². The Balaban J connectivity index is 3.18. The molecule has 0 spiro atoms. The van der Waals surface area contributed by atoms with E-state index in [9.17, 15) is 4.79 Å². The molecule has 0 aliphatic carbocycles. The van der Waals surface area contributed by atoms with Gasteiger partial charge >= 0.3 is 0 Å². The maximum atomic E-state index is 12.1. The average molecular weight is 266 g/mol. The van der Waals surface area contributed by atoms with Crippen molar-refractivity contribution in [2.45, 2.75) is 59.4 Å². The Kier molecular flexibility index (Phi) is 6.22. The minimum atomic E-state index is 0.207. The lowest BCUT2D eigenvalue weighted by Gasteiger charge is -2.15. The number of Topliss-reactive ketones (excluding diaryl/α,β-unsaturated/α-hetero) is 1. The average Bonchev–Trinajstić information content (AvgIpc) is 2.82. The summed E-state index contributed by atoms with van der Waals surface area (Å²) in [7, 11) is 1.71. The van der Waals surface area contributed by atoms with Crippen molar-refractivity contribution in [2.24, 2.45) is 0 Å². The lowest BCUT2D eigenvalue weighted by molar-refractivity contribution is 0.0986. The first-order chi connectivity index (χ1) is 9.10. The molecule has 0 bridgehead atoms. The second-order valence-corrected chi connectivity index (χ2v) is 4.83. The molecule has 1 heterocycles. The van der Waals surface area contributed by atoms with Gasteiger partial charge in [-0.25, -0.2) is 0 Å². The predicted octanol–water partition coefficient (Wildman–Crippen LogP) is 3.20. The van der Waals surface area contributed by atoms with E-state index in [2.05, 4.69) is 25.9 Å². The Morgan fingerprint density at radius 1 is 1.32 bits per heavy atom. The zero-order valence-corrected chi connectivity index (χ0v) is 12.8. The fourth-order valence-electron chi connectivity index (χ4n) is 2.38. The van der Waals surface area contributed by atoms with Crippen LogP contribution in [0.5, 0.6) is 0 Å². The van der Waals surface area contributed by atoms with Crippen LogP contribution in [0.25, 0.3) is 0 Å². The van der Waals surface area contributed by atoms with E-state index in [0.29, 0.717) is 13.0 Å². The summed E-state index contributed by atoms with van der Waals surface area (Å²) in [6.07, 6.45) is 3.09. The number of methoxy groups -OCH3 is 1. The van der Waals surface area contributed by atoms with Gasteiger partial charge in [0.2, 0.25) is 0 Å². The van der Waals surface area contributed by atoms with Gasteiger partial charge in [-0.3, -0.25) is 9.48 Å². The van der Waals surface area contributed by atoms with Gasteiger partial charge in [-0.15, -0.1) is 0 Å². The molecule has 0 saturated carbocycles. The molecule has 0 amide bonds. The number of nitrogens with zero attached hydrogens (tertiary/aromatic N) is 2. The first-order valence-corrected chi connectivity index (χ1v) is 7.22. The second kappa shape index (κ2) is 7.43. The predicted molar refractivity (Wildman–Crippen MR) is 76.8 cm³/mol. The molecule has 0 radical (unpaired) electrons. The summed E-state index contributed by atoms with van der Waals surface area (Å²) >= 11 is 0. The summed E-state index contributed by atoms with van der Waals surface area (Å²) in [6.45, 7) is 8.89. The van der Waals surface area contributed by atoms with Gasteiger partial charge in [0, 0.05) is 25.8 Å². The highest BCUT2D eigenvalue weighted by Gasteiger charge is 2.22. The van der Waals surface area contributed by atoms with Crippen LogP contribution < -0.4 is 0 Å². The van der Waals surface area contributed by atoms with E-state index in [1.807, 2.05) is 11.6 Å². The van der Waals surface area contributed by atoms with Crippen molar-refractivity contribution in [3.63, 3.8) is 0 Å². The number of hydrogen-bond donors (Lipinski definition) is 0. The molecule has 19 heavy (non-hydrogen) atoms. The second-order valence-electron chi connectivity index (χ2n) is 4.83. The largest absolute Gasteiger partial charge is 0.385 e. The quantitative estimate of drug-likeness (QED) is 0.679. The van der Waals surface area contributed by atoms with Crippen molar-refractivity contribution in [1.29, 1.82) is 0 Å². The van der Waals surface area contributed by atoms with E-state index in [1.54, 1.807) is 7.11 Å². The Morgan fingerprint density at radius 2 is 2.00 bits per heavy atom.